The predicted octanol–water partition coefficient (Wildman–Crippen LogP) is 7.08. The maximum atomic E-state index is 10.2. The van der Waals surface area contributed by atoms with Crippen molar-refractivity contribution < 1.29 is 5.11 Å². The number of aromatic hydroxyl groups is 1. The number of phenols is 1. The van der Waals surface area contributed by atoms with E-state index in [1.165, 1.54) is 37.9 Å². The lowest BCUT2D eigenvalue weighted by atomic mass is 9.91. The van der Waals surface area contributed by atoms with Crippen LogP contribution in [-0.2, 0) is 0 Å². The summed E-state index contributed by atoms with van der Waals surface area (Å²) in [6, 6.07) is 23.4. The molecule has 0 aromatic heterocycles. The van der Waals surface area contributed by atoms with Crippen molar-refractivity contribution >= 4 is 59.0 Å². The molecule has 0 spiro atoms. The lowest BCUT2D eigenvalue weighted by molar-refractivity contribution is 0.473. The number of fused-ring (bicyclic) bond motifs is 7. The highest BCUT2D eigenvalue weighted by Crippen LogP contribution is 2.39. The molecule has 1 nitrogen and oxygen atoms in total. The molecule has 0 aliphatic carbocycles. The van der Waals surface area contributed by atoms with Gasteiger partial charge in [0.25, 0.3) is 0 Å². The molecule has 0 amide bonds. The largest absolute Gasteiger partial charge is 0.507 e. The molecule has 2 heteroatoms. The number of benzene rings is 5. The number of halogens is 1. The summed E-state index contributed by atoms with van der Waals surface area (Å²) in [7, 11) is 0. The van der Waals surface area contributed by atoms with Crippen molar-refractivity contribution in [3.8, 4) is 5.75 Å². The van der Waals surface area contributed by atoms with Gasteiger partial charge in [-0.3, -0.25) is 0 Å². The first-order valence-electron chi connectivity index (χ1n) is 8.29. The van der Waals surface area contributed by atoms with Crippen LogP contribution in [0, 0.1) is 6.92 Å². The fourth-order valence-electron chi connectivity index (χ4n) is 3.97. The van der Waals surface area contributed by atoms with Gasteiger partial charge in [0.2, 0.25) is 0 Å². The Morgan fingerprint density at radius 1 is 0.680 bits per heavy atom. The van der Waals surface area contributed by atoms with Gasteiger partial charge in [-0.25, -0.2) is 0 Å². The van der Waals surface area contributed by atoms with Crippen LogP contribution >= 0.6 is 15.9 Å². The van der Waals surface area contributed by atoms with Crippen molar-refractivity contribution in [1.82, 2.24) is 0 Å². The minimum absolute atomic E-state index is 0.274. The number of rotatable bonds is 0. The summed E-state index contributed by atoms with van der Waals surface area (Å²) >= 11 is 3.42. The summed E-state index contributed by atoms with van der Waals surface area (Å²) in [6.45, 7) is 2.16. The first-order chi connectivity index (χ1) is 12.1. The molecule has 5 rings (SSSR count). The average Bonchev–Trinajstić information content (AvgIpc) is 2.62. The Labute approximate surface area is 153 Å². The molecule has 0 bridgehead atoms. The molecule has 0 atom stereocenters. The van der Waals surface area contributed by atoms with Gasteiger partial charge in [-0.15, -0.1) is 0 Å². The molecular weight excluding hydrogens is 372 g/mol. The van der Waals surface area contributed by atoms with Crippen LogP contribution in [0.4, 0.5) is 0 Å². The third-order valence-electron chi connectivity index (χ3n) is 5.10. The summed E-state index contributed by atoms with van der Waals surface area (Å²) in [5.74, 6) is 0.274. The molecule has 0 unspecified atom stereocenters. The Morgan fingerprint density at radius 3 is 2.28 bits per heavy atom. The lowest BCUT2D eigenvalue weighted by Crippen LogP contribution is -1.86. The van der Waals surface area contributed by atoms with Crippen LogP contribution < -0.4 is 0 Å². The molecule has 0 heterocycles. The predicted molar refractivity (Wildman–Crippen MR) is 111 cm³/mol. The third-order valence-corrected chi connectivity index (χ3v) is 5.74. The molecule has 0 radical (unpaired) electrons. The van der Waals surface area contributed by atoms with E-state index in [2.05, 4.69) is 77.5 Å². The summed E-state index contributed by atoms with van der Waals surface area (Å²) in [5.41, 5.74) is 1.25. The normalized spacial score (nSPS) is 11.8. The Hall–Kier alpha value is -2.58. The molecular formula is C23H15BrO. The van der Waals surface area contributed by atoms with Crippen LogP contribution in [-0.4, -0.2) is 5.11 Å². The highest BCUT2D eigenvalue weighted by atomic mass is 79.9. The number of phenolic OH excluding ortho intramolecular Hbond substituents is 1. The fraction of sp³-hybridized carbons (Fsp3) is 0.0435. The molecule has 120 valence electrons. The van der Waals surface area contributed by atoms with Crippen molar-refractivity contribution in [3.63, 3.8) is 0 Å². The molecule has 25 heavy (non-hydrogen) atoms. The smallest absolute Gasteiger partial charge is 0.130 e. The summed E-state index contributed by atoms with van der Waals surface area (Å²) in [5, 5.41) is 19.9. The van der Waals surface area contributed by atoms with Crippen LogP contribution in [0.5, 0.6) is 5.75 Å². The van der Waals surface area contributed by atoms with Gasteiger partial charge >= 0.3 is 0 Å². The Kier molecular flexibility index (Phi) is 3.07. The second-order valence-corrected chi connectivity index (χ2v) is 7.44. The van der Waals surface area contributed by atoms with E-state index < -0.39 is 0 Å². The first kappa shape index (κ1) is 14.7. The molecule has 0 fully saturated rings. The second kappa shape index (κ2) is 5.21. The lowest BCUT2D eigenvalue weighted by Gasteiger charge is -2.13. The Balaban J connectivity index is 2.04. The maximum Gasteiger partial charge on any atom is 0.130 e. The van der Waals surface area contributed by atoms with E-state index >= 15 is 0 Å². The molecule has 1 N–H and O–H groups in total. The molecule has 5 aromatic carbocycles. The van der Waals surface area contributed by atoms with E-state index in [9.17, 15) is 5.11 Å². The maximum absolute atomic E-state index is 10.2. The van der Waals surface area contributed by atoms with Crippen molar-refractivity contribution in [3.05, 3.63) is 76.8 Å². The van der Waals surface area contributed by atoms with Crippen LogP contribution in [0.3, 0.4) is 0 Å². The average molecular weight is 387 g/mol. The molecule has 0 saturated carbocycles. The zero-order valence-electron chi connectivity index (χ0n) is 13.7. The Morgan fingerprint density at radius 2 is 1.40 bits per heavy atom. The first-order valence-corrected chi connectivity index (χ1v) is 9.09. The van der Waals surface area contributed by atoms with E-state index in [1.807, 2.05) is 12.1 Å². The van der Waals surface area contributed by atoms with Gasteiger partial charge in [-0.1, -0.05) is 54.6 Å². The van der Waals surface area contributed by atoms with Crippen LogP contribution in [0.2, 0.25) is 0 Å². The van der Waals surface area contributed by atoms with E-state index in [-0.39, 0.29) is 5.75 Å². The van der Waals surface area contributed by atoms with Gasteiger partial charge in [-0.05, 0) is 83.6 Å². The van der Waals surface area contributed by atoms with E-state index in [0.717, 1.165) is 15.2 Å². The summed E-state index contributed by atoms with van der Waals surface area (Å²) < 4.78 is 0.727. The van der Waals surface area contributed by atoms with Crippen molar-refractivity contribution in [2.75, 3.05) is 0 Å². The van der Waals surface area contributed by atoms with Gasteiger partial charge in [0.05, 0.1) is 4.47 Å². The quantitative estimate of drug-likeness (QED) is 0.282. The van der Waals surface area contributed by atoms with E-state index in [1.54, 1.807) is 0 Å². The topological polar surface area (TPSA) is 20.2 Å². The van der Waals surface area contributed by atoms with Gasteiger partial charge in [0, 0.05) is 0 Å². The fourth-order valence-corrected chi connectivity index (χ4v) is 4.33. The van der Waals surface area contributed by atoms with E-state index in [4.69, 9.17) is 0 Å². The molecule has 0 aliphatic rings. The number of aryl methyl sites for hydroxylation is 1. The SMILES string of the molecule is Cc1cc2cc(Br)c(O)cc2c2ccc3c4ccccc4ccc3c12. The highest BCUT2D eigenvalue weighted by Gasteiger charge is 2.11. The van der Waals surface area contributed by atoms with Crippen molar-refractivity contribution in [2.45, 2.75) is 6.92 Å². The minimum atomic E-state index is 0.274. The van der Waals surface area contributed by atoms with Crippen LogP contribution in [0.15, 0.2) is 71.2 Å². The summed E-state index contributed by atoms with van der Waals surface area (Å²) in [6.07, 6.45) is 0. The van der Waals surface area contributed by atoms with Gasteiger partial charge in [-0.2, -0.15) is 0 Å². The molecule has 5 aromatic rings. The monoisotopic (exact) mass is 386 g/mol. The van der Waals surface area contributed by atoms with Crippen LogP contribution in [0.1, 0.15) is 5.56 Å². The minimum Gasteiger partial charge on any atom is -0.507 e. The molecule has 0 saturated heterocycles. The molecule has 0 aliphatic heterocycles. The zero-order chi connectivity index (χ0) is 17.1. The number of hydrogen-bond acceptors (Lipinski definition) is 1. The van der Waals surface area contributed by atoms with Crippen molar-refractivity contribution in [2.24, 2.45) is 0 Å². The van der Waals surface area contributed by atoms with Crippen molar-refractivity contribution in [1.29, 1.82) is 0 Å². The van der Waals surface area contributed by atoms with Gasteiger partial charge < -0.3 is 5.11 Å². The van der Waals surface area contributed by atoms with Crippen LogP contribution in [0.25, 0.3) is 43.1 Å². The van der Waals surface area contributed by atoms with Gasteiger partial charge in [0.1, 0.15) is 5.75 Å². The Bertz CT molecular complexity index is 1320. The second-order valence-electron chi connectivity index (χ2n) is 6.59. The third kappa shape index (κ3) is 2.07. The summed E-state index contributed by atoms with van der Waals surface area (Å²) in [4.78, 5) is 0. The standard InChI is InChI=1S/C23H15BrO/c1-13-10-15-11-21(24)22(25)12-20(15)19-9-8-17-16-5-3-2-4-14(16)6-7-18(17)23(13)19/h2-12,25H,1H3. The van der Waals surface area contributed by atoms with Gasteiger partial charge in [0.15, 0.2) is 0 Å². The number of hydrogen-bond donors (Lipinski definition) is 1. The van der Waals surface area contributed by atoms with E-state index in [0.29, 0.717) is 0 Å². The highest BCUT2D eigenvalue weighted by molar-refractivity contribution is 9.10. The zero-order valence-corrected chi connectivity index (χ0v) is 15.3.